The van der Waals surface area contributed by atoms with Crippen LogP contribution in [0.1, 0.15) is 42.6 Å². The predicted molar refractivity (Wildman–Crippen MR) is 88.7 cm³/mol. The smallest absolute Gasteiger partial charge is 0.308 e. The molecule has 0 saturated heterocycles. The fraction of sp³-hybridized carbons (Fsp3) is 0.412. The first-order valence-electron chi connectivity index (χ1n) is 7.98. The standard InChI is InChI=1S/C17H18ClFN2O3/c18-14-11-8-9(19)6-7-13(11)20-15(14)16(22)21-12-5-3-1-2-4-10(12)17(23)24/h6-8,10,12,20H,1-5H2,(H,21,22)(H,23,24)/t10-,12+/m1/s1. The summed E-state index contributed by atoms with van der Waals surface area (Å²) in [7, 11) is 0. The summed E-state index contributed by atoms with van der Waals surface area (Å²) in [5.74, 6) is -2.40. The molecule has 1 saturated carbocycles. The molecule has 1 aromatic carbocycles. The molecule has 0 radical (unpaired) electrons. The number of rotatable bonds is 3. The Labute approximate surface area is 143 Å². The van der Waals surface area contributed by atoms with Gasteiger partial charge < -0.3 is 15.4 Å². The second-order valence-corrected chi connectivity index (χ2v) is 6.54. The monoisotopic (exact) mass is 352 g/mol. The van der Waals surface area contributed by atoms with Crippen molar-refractivity contribution in [3.05, 3.63) is 34.7 Å². The molecule has 1 heterocycles. The molecule has 7 heteroatoms. The molecule has 3 rings (SSSR count). The topological polar surface area (TPSA) is 82.2 Å². The third-order valence-corrected chi connectivity index (χ3v) is 4.97. The predicted octanol–water partition coefficient (Wildman–Crippen LogP) is 3.72. The van der Waals surface area contributed by atoms with Crippen LogP contribution in [0.5, 0.6) is 0 Å². The van der Waals surface area contributed by atoms with Gasteiger partial charge in [0.2, 0.25) is 0 Å². The van der Waals surface area contributed by atoms with Crippen LogP contribution >= 0.6 is 11.6 Å². The summed E-state index contributed by atoms with van der Waals surface area (Å²) >= 11 is 6.20. The maximum Gasteiger partial charge on any atom is 0.308 e. The molecule has 2 atom stereocenters. The molecule has 2 aromatic rings. The van der Waals surface area contributed by atoms with Gasteiger partial charge in [0.25, 0.3) is 5.91 Å². The van der Waals surface area contributed by atoms with Gasteiger partial charge in [-0.15, -0.1) is 0 Å². The number of carboxylic acids is 1. The van der Waals surface area contributed by atoms with E-state index < -0.39 is 29.7 Å². The summed E-state index contributed by atoms with van der Waals surface area (Å²) in [5, 5.41) is 12.8. The number of carboxylic acid groups (broad SMARTS) is 1. The van der Waals surface area contributed by atoms with E-state index in [0.29, 0.717) is 23.7 Å². The Morgan fingerprint density at radius 2 is 2.00 bits per heavy atom. The number of fused-ring (bicyclic) bond motifs is 1. The van der Waals surface area contributed by atoms with Gasteiger partial charge in [0.1, 0.15) is 11.5 Å². The van der Waals surface area contributed by atoms with Gasteiger partial charge in [-0.05, 0) is 31.0 Å². The highest BCUT2D eigenvalue weighted by Gasteiger charge is 2.31. The second-order valence-electron chi connectivity index (χ2n) is 6.17. The van der Waals surface area contributed by atoms with Crippen LogP contribution in [-0.2, 0) is 4.79 Å². The molecular formula is C17H18ClFN2O3. The van der Waals surface area contributed by atoms with Gasteiger partial charge >= 0.3 is 5.97 Å². The van der Waals surface area contributed by atoms with Gasteiger partial charge in [0.15, 0.2) is 0 Å². The van der Waals surface area contributed by atoms with E-state index in [4.69, 9.17) is 11.6 Å². The van der Waals surface area contributed by atoms with Crippen LogP contribution < -0.4 is 5.32 Å². The molecular weight excluding hydrogens is 335 g/mol. The Hall–Kier alpha value is -2.08. The van der Waals surface area contributed by atoms with Crippen molar-refractivity contribution in [1.29, 1.82) is 0 Å². The highest BCUT2D eigenvalue weighted by Crippen LogP contribution is 2.29. The number of hydrogen-bond donors (Lipinski definition) is 3. The molecule has 0 aliphatic heterocycles. The zero-order valence-corrected chi connectivity index (χ0v) is 13.7. The Morgan fingerprint density at radius 3 is 2.75 bits per heavy atom. The molecule has 3 N–H and O–H groups in total. The number of H-pyrrole nitrogens is 1. The SMILES string of the molecule is O=C(N[C@H]1CCCCC[C@H]1C(=O)O)c1[nH]c2ccc(F)cc2c1Cl. The molecule has 0 unspecified atom stereocenters. The van der Waals surface area contributed by atoms with Crippen molar-refractivity contribution >= 4 is 34.4 Å². The van der Waals surface area contributed by atoms with E-state index in [-0.39, 0.29) is 10.7 Å². The zero-order valence-electron chi connectivity index (χ0n) is 12.9. The Balaban J connectivity index is 1.86. The summed E-state index contributed by atoms with van der Waals surface area (Å²) in [5.41, 5.74) is 0.688. The summed E-state index contributed by atoms with van der Waals surface area (Å²) in [6.45, 7) is 0. The summed E-state index contributed by atoms with van der Waals surface area (Å²) in [4.78, 5) is 26.9. The van der Waals surface area contributed by atoms with Crippen LogP contribution in [0.3, 0.4) is 0 Å². The van der Waals surface area contributed by atoms with Crippen molar-refractivity contribution in [2.24, 2.45) is 5.92 Å². The molecule has 128 valence electrons. The minimum absolute atomic E-state index is 0.130. The average Bonchev–Trinajstić information content (AvgIpc) is 2.72. The maximum atomic E-state index is 13.3. The summed E-state index contributed by atoms with van der Waals surface area (Å²) in [6, 6.07) is 3.62. The van der Waals surface area contributed by atoms with Gasteiger partial charge in [-0.1, -0.05) is 30.9 Å². The van der Waals surface area contributed by atoms with Crippen LogP contribution in [0, 0.1) is 11.7 Å². The van der Waals surface area contributed by atoms with Crippen molar-refractivity contribution in [1.82, 2.24) is 10.3 Å². The van der Waals surface area contributed by atoms with E-state index in [1.807, 2.05) is 0 Å². The van der Waals surface area contributed by atoms with E-state index in [1.54, 1.807) is 0 Å². The lowest BCUT2D eigenvalue weighted by atomic mass is 9.95. The van der Waals surface area contributed by atoms with Gasteiger partial charge in [0.05, 0.1) is 10.9 Å². The zero-order chi connectivity index (χ0) is 17.3. The first kappa shape index (κ1) is 16.8. The molecule has 1 fully saturated rings. The number of hydrogen-bond acceptors (Lipinski definition) is 2. The van der Waals surface area contributed by atoms with Crippen LogP contribution in [0.25, 0.3) is 10.9 Å². The normalized spacial score (nSPS) is 21.4. The van der Waals surface area contributed by atoms with Crippen molar-refractivity contribution in [2.75, 3.05) is 0 Å². The molecule has 0 bridgehead atoms. The number of aliphatic carboxylic acids is 1. The highest BCUT2D eigenvalue weighted by molar-refractivity contribution is 6.38. The number of halogens is 2. The first-order valence-corrected chi connectivity index (χ1v) is 8.35. The minimum Gasteiger partial charge on any atom is -0.481 e. The molecule has 1 aliphatic carbocycles. The fourth-order valence-corrected chi connectivity index (χ4v) is 3.59. The largest absolute Gasteiger partial charge is 0.481 e. The van der Waals surface area contributed by atoms with Crippen LogP contribution in [0.2, 0.25) is 5.02 Å². The second kappa shape index (κ2) is 6.81. The quantitative estimate of drug-likeness (QED) is 0.736. The molecule has 0 spiro atoms. The van der Waals surface area contributed by atoms with E-state index >= 15 is 0 Å². The number of carbonyl (C=O) groups excluding carboxylic acids is 1. The fourth-order valence-electron chi connectivity index (χ4n) is 3.30. The molecule has 24 heavy (non-hydrogen) atoms. The van der Waals surface area contributed by atoms with Gasteiger partial charge in [-0.25, -0.2) is 4.39 Å². The van der Waals surface area contributed by atoms with Crippen LogP contribution in [0.4, 0.5) is 4.39 Å². The van der Waals surface area contributed by atoms with Crippen molar-refractivity contribution in [2.45, 2.75) is 38.1 Å². The van der Waals surface area contributed by atoms with Crippen molar-refractivity contribution in [3.63, 3.8) is 0 Å². The lowest BCUT2D eigenvalue weighted by Gasteiger charge is -2.22. The van der Waals surface area contributed by atoms with Crippen LogP contribution in [0.15, 0.2) is 18.2 Å². The van der Waals surface area contributed by atoms with E-state index in [0.717, 1.165) is 19.3 Å². The third-order valence-electron chi connectivity index (χ3n) is 4.57. The third kappa shape index (κ3) is 3.24. The molecule has 5 nitrogen and oxygen atoms in total. The van der Waals surface area contributed by atoms with Gasteiger partial charge in [-0.2, -0.15) is 0 Å². The Kier molecular flexibility index (Phi) is 4.76. The van der Waals surface area contributed by atoms with E-state index in [2.05, 4.69) is 10.3 Å². The Morgan fingerprint density at radius 1 is 1.25 bits per heavy atom. The molecule has 1 amide bonds. The molecule has 1 aromatic heterocycles. The summed E-state index contributed by atoms with van der Waals surface area (Å²) in [6.07, 6.45) is 3.85. The number of nitrogens with one attached hydrogen (secondary N) is 2. The van der Waals surface area contributed by atoms with Gasteiger partial charge in [-0.3, -0.25) is 9.59 Å². The molecule has 1 aliphatic rings. The lowest BCUT2D eigenvalue weighted by molar-refractivity contribution is -0.142. The Bertz CT molecular complexity index is 789. The number of amides is 1. The number of carbonyl (C=O) groups is 2. The maximum absolute atomic E-state index is 13.3. The number of aromatic amines is 1. The van der Waals surface area contributed by atoms with E-state index in [1.165, 1.54) is 18.2 Å². The number of benzene rings is 1. The minimum atomic E-state index is -0.896. The van der Waals surface area contributed by atoms with Crippen molar-refractivity contribution in [3.8, 4) is 0 Å². The van der Waals surface area contributed by atoms with E-state index in [9.17, 15) is 19.1 Å². The van der Waals surface area contributed by atoms with Crippen molar-refractivity contribution < 1.29 is 19.1 Å². The summed E-state index contributed by atoms with van der Waals surface area (Å²) < 4.78 is 13.3. The lowest BCUT2D eigenvalue weighted by Crippen LogP contribution is -2.43. The van der Waals surface area contributed by atoms with Crippen LogP contribution in [-0.4, -0.2) is 28.0 Å². The van der Waals surface area contributed by atoms with Gasteiger partial charge in [0, 0.05) is 16.9 Å². The average molecular weight is 353 g/mol. The highest BCUT2D eigenvalue weighted by atomic mass is 35.5. The first-order chi connectivity index (χ1) is 11.5. The number of aromatic nitrogens is 1.